The molecule has 0 saturated carbocycles. The summed E-state index contributed by atoms with van der Waals surface area (Å²) in [5, 5.41) is 14.2. The van der Waals surface area contributed by atoms with Gasteiger partial charge in [-0.3, -0.25) is 10.2 Å². The number of ether oxygens (including phenoxy) is 1. The standard InChI is InChI=1S/C19H18N4O3/c1-3-6-13-9-12(10-16(26-2)17(13)24)11-20-23-18-19(25)22-15-8-5-4-7-14(15)21-18/h3-5,7-11,24H,1,6H2,2H3,(H,21,23)(H,22,25)/b20-11-. The van der Waals surface area contributed by atoms with Gasteiger partial charge in [0.05, 0.1) is 24.4 Å². The Morgan fingerprint density at radius 2 is 2.19 bits per heavy atom. The van der Waals surface area contributed by atoms with Gasteiger partial charge in [-0.1, -0.05) is 18.2 Å². The fourth-order valence-electron chi connectivity index (χ4n) is 2.50. The summed E-state index contributed by atoms with van der Waals surface area (Å²) in [7, 11) is 1.48. The number of allylic oxidation sites excluding steroid dienone is 1. The number of phenolic OH excluding ortho intramolecular Hbond substituents is 1. The molecule has 0 amide bonds. The van der Waals surface area contributed by atoms with Crippen LogP contribution in [0.1, 0.15) is 11.1 Å². The fourth-order valence-corrected chi connectivity index (χ4v) is 2.50. The molecule has 1 heterocycles. The van der Waals surface area contributed by atoms with Gasteiger partial charge in [-0.25, -0.2) is 4.98 Å². The zero-order valence-corrected chi connectivity index (χ0v) is 14.2. The Morgan fingerprint density at radius 3 is 2.96 bits per heavy atom. The van der Waals surface area contributed by atoms with Crippen molar-refractivity contribution < 1.29 is 9.84 Å². The van der Waals surface area contributed by atoms with Gasteiger partial charge in [0.25, 0.3) is 5.56 Å². The Hall–Kier alpha value is -3.61. The Kier molecular flexibility index (Phi) is 4.98. The number of H-pyrrole nitrogens is 1. The second-order valence-corrected chi connectivity index (χ2v) is 5.53. The van der Waals surface area contributed by atoms with Gasteiger partial charge in [-0.2, -0.15) is 5.10 Å². The van der Waals surface area contributed by atoms with Crippen molar-refractivity contribution >= 4 is 23.1 Å². The van der Waals surface area contributed by atoms with Gasteiger partial charge >= 0.3 is 0 Å². The number of nitrogens with zero attached hydrogens (tertiary/aromatic N) is 2. The molecule has 3 rings (SSSR count). The van der Waals surface area contributed by atoms with Crippen LogP contribution >= 0.6 is 0 Å². The van der Waals surface area contributed by atoms with Crippen LogP contribution in [0, 0.1) is 0 Å². The molecule has 3 aromatic rings. The number of aromatic nitrogens is 2. The number of anilines is 1. The first-order valence-electron chi connectivity index (χ1n) is 7.91. The molecule has 0 saturated heterocycles. The Balaban J connectivity index is 1.87. The molecule has 26 heavy (non-hydrogen) atoms. The van der Waals surface area contributed by atoms with Crippen LogP contribution in [-0.4, -0.2) is 28.4 Å². The molecule has 3 N–H and O–H groups in total. The summed E-state index contributed by atoms with van der Waals surface area (Å²) >= 11 is 0. The van der Waals surface area contributed by atoms with Crippen LogP contribution < -0.4 is 15.7 Å². The number of benzene rings is 2. The number of aromatic hydroxyl groups is 1. The topological polar surface area (TPSA) is 99.6 Å². The van der Waals surface area contributed by atoms with Crippen molar-refractivity contribution in [1.29, 1.82) is 0 Å². The third kappa shape index (κ3) is 3.56. The van der Waals surface area contributed by atoms with E-state index < -0.39 is 0 Å². The summed E-state index contributed by atoms with van der Waals surface area (Å²) in [6.07, 6.45) is 3.69. The number of nitrogens with one attached hydrogen (secondary N) is 2. The molecule has 0 radical (unpaired) electrons. The molecule has 0 aliphatic carbocycles. The van der Waals surface area contributed by atoms with Crippen molar-refractivity contribution in [1.82, 2.24) is 9.97 Å². The third-order valence-electron chi connectivity index (χ3n) is 3.74. The molecular weight excluding hydrogens is 332 g/mol. The summed E-state index contributed by atoms with van der Waals surface area (Å²) in [5.41, 5.74) is 4.96. The lowest BCUT2D eigenvalue weighted by atomic mass is 10.1. The lowest BCUT2D eigenvalue weighted by Crippen LogP contribution is -2.13. The van der Waals surface area contributed by atoms with E-state index in [4.69, 9.17) is 4.74 Å². The van der Waals surface area contributed by atoms with E-state index in [1.807, 2.05) is 12.1 Å². The van der Waals surface area contributed by atoms with Crippen LogP contribution in [0.4, 0.5) is 5.82 Å². The maximum Gasteiger partial charge on any atom is 0.293 e. The van der Waals surface area contributed by atoms with Crippen molar-refractivity contribution in [3.63, 3.8) is 0 Å². The second-order valence-electron chi connectivity index (χ2n) is 5.53. The molecule has 2 aromatic carbocycles. The van der Waals surface area contributed by atoms with Crippen LogP contribution in [0.5, 0.6) is 11.5 Å². The quantitative estimate of drug-likeness (QED) is 0.361. The second kappa shape index (κ2) is 7.52. The van der Waals surface area contributed by atoms with E-state index in [2.05, 4.69) is 27.1 Å². The van der Waals surface area contributed by atoms with Crippen LogP contribution in [0.3, 0.4) is 0 Å². The van der Waals surface area contributed by atoms with Gasteiger partial charge < -0.3 is 14.8 Å². The van der Waals surface area contributed by atoms with Crippen molar-refractivity contribution in [2.24, 2.45) is 5.10 Å². The molecule has 0 fully saturated rings. The van der Waals surface area contributed by atoms with E-state index in [1.165, 1.54) is 13.3 Å². The van der Waals surface area contributed by atoms with E-state index in [-0.39, 0.29) is 17.1 Å². The number of hydrazone groups is 1. The highest BCUT2D eigenvalue weighted by atomic mass is 16.5. The van der Waals surface area contributed by atoms with Crippen molar-refractivity contribution in [3.8, 4) is 11.5 Å². The molecule has 7 heteroatoms. The number of para-hydroxylation sites is 2. The van der Waals surface area contributed by atoms with Crippen LogP contribution in [0.15, 0.2) is 58.9 Å². The van der Waals surface area contributed by atoms with Gasteiger partial charge in [0.15, 0.2) is 11.5 Å². The first kappa shape index (κ1) is 17.2. The fraction of sp³-hybridized carbons (Fsp3) is 0.105. The average molecular weight is 350 g/mol. The first-order chi connectivity index (χ1) is 12.6. The monoisotopic (exact) mass is 350 g/mol. The molecule has 1 aromatic heterocycles. The number of rotatable bonds is 6. The van der Waals surface area contributed by atoms with Crippen LogP contribution in [0.25, 0.3) is 11.0 Å². The molecule has 7 nitrogen and oxygen atoms in total. The SMILES string of the molecule is C=CCc1cc(/C=N\Nc2nc3ccccc3[nH]c2=O)cc(OC)c1O. The number of hydrogen-bond acceptors (Lipinski definition) is 6. The highest BCUT2D eigenvalue weighted by Gasteiger charge is 2.09. The third-order valence-corrected chi connectivity index (χ3v) is 3.74. The number of aromatic amines is 1. The molecule has 0 atom stereocenters. The molecular formula is C19H18N4O3. The van der Waals surface area contributed by atoms with Gasteiger partial charge in [0.1, 0.15) is 0 Å². The van der Waals surface area contributed by atoms with Gasteiger partial charge in [-0.05, 0) is 36.2 Å². The summed E-state index contributed by atoms with van der Waals surface area (Å²) in [5.74, 6) is 0.509. The minimum atomic E-state index is -0.364. The zero-order valence-electron chi connectivity index (χ0n) is 14.2. The minimum Gasteiger partial charge on any atom is -0.504 e. The van der Waals surface area contributed by atoms with E-state index in [0.717, 1.165) is 0 Å². The summed E-state index contributed by atoms with van der Waals surface area (Å²) in [6.45, 7) is 3.67. The van der Waals surface area contributed by atoms with Gasteiger partial charge in [-0.15, -0.1) is 6.58 Å². The van der Waals surface area contributed by atoms with E-state index in [1.54, 1.807) is 30.3 Å². The Bertz CT molecular complexity index is 1040. The van der Waals surface area contributed by atoms with Crippen molar-refractivity contribution in [2.75, 3.05) is 12.5 Å². The molecule has 0 unspecified atom stereocenters. The number of phenols is 1. The van der Waals surface area contributed by atoms with Crippen LogP contribution in [-0.2, 0) is 6.42 Å². The van der Waals surface area contributed by atoms with Crippen LogP contribution in [0.2, 0.25) is 0 Å². The normalized spacial score (nSPS) is 11.0. The highest BCUT2D eigenvalue weighted by Crippen LogP contribution is 2.31. The largest absolute Gasteiger partial charge is 0.504 e. The predicted molar refractivity (Wildman–Crippen MR) is 102 cm³/mol. The molecule has 0 bridgehead atoms. The Morgan fingerprint density at radius 1 is 1.38 bits per heavy atom. The Labute approximate surface area is 149 Å². The van der Waals surface area contributed by atoms with Gasteiger partial charge in [0, 0.05) is 5.56 Å². The molecule has 0 aliphatic rings. The number of methoxy groups -OCH3 is 1. The number of hydrogen-bond donors (Lipinski definition) is 3. The van der Waals surface area contributed by atoms with Gasteiger partial charge in [0.2, 0.25) is 5.82 Å². The maximum absolute atomic E-state index is 12.0. The summed E-state index contributed by atoms with van der Waals surface area (Å²) < 4.78 is 5.17. The van der Waals surface area contributed by atoms with E-state index in [0.29, 0.717) is 34.3 Å². The lowest BCUT2D eigenvalue weighted by Gasteiger charge is -2.09. The molecule has 0 aliphatic heterocycles. The highest BCUT2D eigenvalue weighted by molar-refractivity contribution is 5.82. The predicted octanol–water partition coefficient (Wildman–Crippen LogP) is 2.81. The summed E-state index contributed by atoms with van der Waals surface area (Å²) in [4.78, 5) is 19.0. The van der Waals surface area contributed by atoms with E-state index in [9.17, 15) is 9.90 Å². The maximum atomic E-state index is 12.0. The molecule has 0 spiro atoms. The molecule has 132 valence electrons. The summed E-state index contributed by atoms with van der Waals surface area (Å²) in [6, 6.07) is 10.6. The van der Waals surface area contributed by atoms with Crippen molar-refractivity contribution in [3.05, 3.63) is 70.5 Å². The van der Waals surface area contributed by atoms with E-state index >= 15 is 0 Å². The number of fused-ring (bicyclic) bond motifs is 1. The average Bonchev–Trinajstić information content (AvgIpc) is 2.64. The zero-order chi connectivity index (χ0) is 18.5. The lowest BCUT2D eigenvalue weighted by molar-refractivity contribution is 0.371. The minimum absolute atomic E-state index is 0.0742. The van der Waals surface area contributed by atoms with Crippen molar-refractivity contribution in [2.45, 2.75) is 6.42 Å². The first-order valence-corrected chi connectivity index (χ1v) is 7.91. The smallest absolute Gasteiger partial charge is 0.293 e.